The Hall–Kier alpha value is -4.60. The molecule has 2 aliphatic rings. The topological polar surface area (TPSA) is 141 Å². The van der Waals surface area contributed by atoms with Crippen LogP contribution in [0.15, 0.2) is 54.6 Å². The van der Waals surface area contributed by atoms with Crippen LogP contribution in [0.2, 0.25) is 0 Å². The predicted molar refractivity (Wildman–Crippen MR) is 187 cm³/mol. The van der Waals surface area contributed by atoms with Gasteiger partial charge in [-0.3, -0.25) is 14.5 Å². The van der Waals surface area contributed by atoms with Gasteiger partial charge in [0.1, 0.15) is 17.4 Å². The summed E-state index contributed by atoms with van der Waals surface area (Å²) in [6.45, 7) is 14.0. The molecule has 4 amide bonds. The fourth-order valence-corrected chi connectivity index (χ4v) is 5.41. The summed E-state index contributed by atoms with van der Waals surface area (Å²) in [5, 5.41) is 15.3. The third-order valence-corrected chi connectivity index (χ3v) is 8.33. The number of ether oxygens (including phenoxy) is 2. The summed E-state index contributed by atoms with van der Waals surface area (Å²) in [7, 11) is 0. The summed E-state index contributed by atoms with van der Waals surface area (Å²) >= 11 is 0. The second-order valence-corrected chi connectivity index (χ2v) is 13.9. The highest BCUT2D eigenvalue weighted by Gasteiger charge is 2.41. The molecule has 3 N–H and O–H groups in total. The van der Waals surface area contributed by atoms with Gasteiger partial charge in [0.05, 0.1) is 6.10 Å². The Bertz CT molecular complexity index is 1410. The van der Waals surface area contributed by atoms with E-state index in [9.17, 15) is 24.3 Å². The summed E-state index contributed by atoms with van der Waals surface area (Å²) in [5.41, 5.74) is 0.772. The third-order valence-electron chi connectivity index (χ3n) is 8.33. The molecule has 2 unspecified atom stereocenters. The van der Waals surface area contributed by atoms with Crippen LogP contribution in [0.3, 0.4) is 0 Å². The summed E-state index contributed by atoms with van der Waals surface area (Å²) in [5.74, 6) is 2.69. The first kappa shape index (κ1) is 38.8. The molecule has 0 saturated carbocycles. The number of terminal acetylenes is 1. The van der Waals surface area contributed by atoms with Crippen molar-refractivity contribution in [2.75, 3.05) is 45.8 Å². The Labute approximate surface area is 290 Å². The Balaban J connectivity index is 0.000000456. The summed E-state index contributed by atoms with van der Waals surface area (Å²) in [6.07, 6.45) is 5.47. The number of aliphatic hydroxyl groups is 1. The molecule has 2 aliphatic heterocycles. The second kappa shape index (κ2) is 18.2. The van der Waals surface area contributed by atoms with Crippen molar-refractivity contribution in [1.29, 1.82) is 0 Å². The standard InChI is InChI=1S/C27H42N4O6.C10H9NO/c1-26(2,3)37-25(35)30-17-15-29(16-18-30)14-12-27(4,5)22(23(33)31-13-11-20(32)19-31)28-24(34)36-21-9-7-6-8-10-21;1-2-9-3-5-10(6-4-9)7-11-8-12/h6-10,20,22,32H,11-19H2,1-5H3,(H,28,34);1,3-6,8H,7H2,(H,11,12). The molecule has 2 heterocycles. The number of carbonyl (C=O) groups is 4. The average molecular weight is 678 g/mol. The number of hydrogen-bond donors (Lipinski definition) is 3. The summed E-state index contributed by atoms with van der Waals surface area (Å²) < 4.78 is 10.9. The van der Waals surface area contributed by atoms with Crippen molar-refractivity contribution in [2.24, 2.45) is 5.41 Å². The Kier molecular flexibility index (Phi) is 14.5. The van der Waals surface area contributed by atoms with Crippen LogP contribution in [0.5, 0.6) is 5.75 Å². The molecule has 0 aromatic heterocycles. The summed E-state index contributed by atoms with van der Waals surface area (Å²) in [4.78, 5) is 54.1. The molecular formula is C37H51N5O7. The number of rotatable bonds is 10. The maximum Gasteiger partial charge on any atom is 0.413 e. The van der Waals surface area contributed by atoms with Crippen molar-refractivity contribution < 1.29 is 33.8 Å². The number of β-amino-alcohol motifs (C(OH)–C–C–N with tert-alkyl or cyclic N) is 1. The van der Waals surface area contributed by atoms with Crippen molar-refractivity contribution in [2.45, 2.75) is 71.8 Å². The van der Waals surface area contributed by atoms with E-state index in [2.05, 4.69) is 21.5 Å². The zero-order valence-electron chi connectivity index (χ0n) is 29.3. The number of nitrogens with zero attached hydrogens (tertiary/aromatic N) is 3. The normalized spacial score (nSPS) is 17.1. The molecule has 2 atom stereocenters. The lowest BCUT2D eigenvalue weighted by atomic mass is 9.80. The van der Waals surface area contributed by atoms with E-state index in [1.165, 1.54) is 0 Å². The molecule has 49 heavy (non-hydrogen) atoms. The van der Waals surface area contributed by atoms with E-state index in [1.807, 2.05) is 65.0 Å². The smallest absolute Gasteiger partial charge is 0.413 e. The van der Waals surface area contributed by atoms with Crippen LogP contribution in [-0.2, 0) is 20.9 Å². The lowest BCUT2D eigenvalue weighted by Gasteiger charge is -2.39. The molecular weight excluding hydrogens is 626 g/mol. The number of nitrogens with one attached hydrogen (secondary N) is 2. The molecule has 0 bridgehead atoms. The van der Waals surface area contributed by atoms with Gasteiger partial charge >= 0.3 is 12.2 Å². The number of aliphatic hydroxyl groups excluding tert-OH is 1. The number of benzene rings is 2. The van der Waals surface area contributed by atoms with Gasteiger partial charge in [0.2, 0.25) is 12.3 Å². The van der Waals surface area contributed by atoms with Crippen LogP contribution in [0.4, 0.5) is 9.59 Å². The average Bonchev–Trinajstić information content (AvgIpc) is 3.51. The van der Waals surface area contributed by atoms with Crippen LogP contribution >= 0.6 is 0 Å². The number of hydrogen-bond acceptors (Lipinski definition) is 8. The minimum absolute atomic E-state index is 0.221. The highest BCUT2D eigenvalue weighted by molar-refractivity contribution is 5.87. The van der Waals surface area contributed by atoms with Gasteiger partial charge < -0.3 is 35.0 Å². The molecule has 2 saturated heterocycles. The Morgan fingerprint density at radius 3 is 2.18 bits per heavy atom. The maximum atomic E-state index is 13.5. The molecule has 4 rings (SSSR count). The van der Waals surface area contributed by atoms with Crippen LogP contribution in [0.1, 0.15) is 58.6 Å². The first-order valence-electron chi connectivity index (χ1n) is 16.6. The molecule has 0 spiro atoms. The number of amides is 4. The Morgan fingerprint density at radius 2 is 1.63 bits per heavy atom. The van der Waals surface area contributed by atoms with Gasteiger partial charge in [-0.05, 0) is 75.4 Å². The van der Waals surface area contributed by atoms with E-state index in [1.54, 1.807) is 34.1 Å². The van der Waals surface area contributed by atoms with Crippen LogP contribution in [0, 0.1) is 17.8 Å². The number of carbonyl (C=O) groups excluding carboxylic acids is 4. The van der Waals surface area contributed by atoms with E-state index < -0.39 is 29.3 Å². The van der Waals surface area contributed by atoms with Gasteiger partial charge in [-0.25, -0.2) is 9.59 Å². The van der Waals surface area contributed by atoms with E-state index in [0.717, 1.165) is 11.1 Å². The predicted octanol–water partition coefficient (Wildman–Crippen LogP) is 3.62. The molecule has 0 radical (unpaired) electrons. The number of para-hydroxylation sites is 1. The lowest BCUT2D eigenvalue weighted by molar-refractivity contribution is -0.135. The minimum Gasteiger partial charge on any atom is -0.444 e. The van der Waals surface area contributed by atoms with Gasteiger partial charge in [0, 0.05) is 51.4 Å². The van der Waals surface area contributed by atoms with E-state index in [4.69, 9.17) is 15.9 Å². The second-order valence-electron chi connectivity index (χ2n) is 13.9. The molecule has 12 nitrogen and oxygen atoms in total. The largest absolute Gasteiger partial charge is 0.444 e. The highest BCUT2D eigenvalue weighted by Crippen LogP contribution is 2.29. The zero-order valence-corrected chi connectivity index (χ0v) is 29.3. The SMILES string of the molecule is C#Cc1ccc(CNC=O)cc1.CC(C)(C)OC(=O)N1CCN(CCC(C)(C)C(NC(=O)Oc2ccccc2)C(=O)N2CCC(O)C2)CC1. The molecule has 0 aliphatic carbocycles. The van der Waals surface area contributed by atoms with E-state index in [-0.39, 0.29) is 18.5 Å². The molecule has 2 fully saturated rings. The monoisotopic (exact) mass is 677 g/mol. The van der Waals surface area contributed by atoms with Crippen molar-refractivity contribution in [3.05, 3.63) is 65.7 Å². The molecule has 2 aromatic rings. The number of piperazine rings is 1. The maximum absolute atomic E-state index is 13.5. The zero-order chi connectivity index (χ0) is 36.0. The summed E-state index contributed by atoms with van der Waals surface area (Å²) in [6, 6.07) is 15.4. The van der Waals surface area contributed by atoms with Gasteiger partial charge in [-0.15, -0.1) is 6.42 Å². The first-order chi connectivity index (χ1) is 23.2. The van der Waals surface area contributed by atoms with Gasteiger partial charge in [0.15, 0.2) is 0 Å². The molecule has 2 aromatic carbocycles. The Morgan fingerprint density at radius 1 is 0.980 bits per heavy atom. The van der Waals surface area contributed by atoms with E-state index >= 15 is 0 Å². The van der Waals surface area contributed by atoms with Gasteiger partial charge in [0.25, 0.3) is 0 Å². The van der Waals surface area contributed by atoms with Gasteiger partial charge in [-0.1, -0.05) is 50.1 Å². The minimum atomic E-state index is -0.822. The fourth-order valence-electron chi connectivity index (χ4n) is 5.41. The van der Waals surface area contributed by atoms with Crippen LogP contribution in [0.25, 0.3) is 0 Å². The quantitative estimate of drug-likeness (QED) is 0.256. The van der Waals surface area contributed by atoms with Crippen molar-refractivity contribution in [3.63, 3.8) is 0 Å². The first-order valence-corrected chi connectivity index (χ1v) is 16.6. The highest BCUT2D eigenvalue weighted by atomic mass is 16.6. The van der Waals surface area contributed by atoms with Crippen molar-refractivity contribution in [3.8, 4) is 18.1 Å². The molecule has 12 heteroatoms. The van der Waals surface area contributed by atoms with Crippen LogP contribution < -0.4 is 15.4 Å². The van der Waals surface area contributed by atoms with E-state index in [0.29, 0.717) is 70.8 Å². The van der Waals surface area contributed by atoms with Crippen LogP contribution in [-0.4, -0.2) is 108 Å². The fraction of sp³-hybridized carbons (Fsp3) is 0.514. The third kappa shape index (κ3) is 13.1. The number of likely N-dealkylation sites (tertiary alicyclic amines) is 1. The van der Waals surface area contributed by atoms with Crippen molar-refractivity contribution >= 4 is 24.5 Å². The lowest BCUT2D eigenvalue weighted by Crippen LogP contribution is -2.57. The van der Waals surface area contributed by atoms with Gasteiger partial charge in [-0.2, -0.15) is 0 Å². The molecule has 266 valence electrons. The van der Waals surface area contributed by atoms with Crippen molar-refractivity contribution in [1.82, 2.24) is 25.3 Å².